The summed E-state index contributed by atoms with van der Waals surface area (Å²) in [6, 6.07) is 1.30. The SMILES string of the molecule is CC(=O)Nc1cnc(Cl)cc1C(N)=O. The molecule has 0 aliphatic rings. The minimum Gasteiger partial charge on any atom is -0.366 e. The van der Waals surface area contributed by atoms with E-state index < -0.39 is 5.91 Å². The molecule has 0 aliphatic heterocycles. The van der Waals surface area contributed by atoms with Crippen molar-refractivity contribution in [2.75, 3.05) is 5.32 Å². The fourth-order valence-corrected chi connectivity index (χ4v) is 1.08. The summed E-state index contributed by atoms with van der Waals surface area (Å²) in [5.41, 5.74) is 5.48. The number of anilines is 1. The molecule has 5 nitrogen and oxygen atoms in total. The van der Waals surface area contributed by atoms with Crippen LogP contribution in [-0.2, 0) is 4.79 Å². The van der Waals surface area contributed by atoms with Crippen molar-refractivity contribution < 1.29 is 9.59 Å². The Labute approximate surface area is 85.3 Å². The van der Waals surface area contributed by atoms with E-state index in [1.54, 1.807) is 0 Å². The Hall–Kier alpha value is -1.62. The molecule has 74 valence electrons. The van der Waals surface area contributed by atoms with Gasteiger partial charge in [-0.3, -0.25) is 9.59 Å². The first-order valence-electron chi connectivity index (χ1n) is 3.73. The van der Waals surface area contributed by atoms with Gasteiger partial charge in [-0.05, 0) is 6.07 Å². The van der Waals surface area contributed by atoms with Crippen LogP contribution in [0.2, 0.25) is 5.15 Å². The second-order valence-corrected chi connectivity index (χ2v) is 2.99. The van der Waals surface area contributed by atoms with Crippen molar-refractivity contribution in [2.45, 2.75) is 6.92 Å². The van der Waals surface area contributed by atoms with Gasteiger partial charge in [0.1, 0.15) is 5.15 Å². The number of carbonyl (C=O) groups is 2. The molecule has 1 aromatic heterocycles. The lowest BCUT2D eigenvalue weighted by atomic mass is 10.2. The van der Waals surface area contributed by atoms with Crippen LogP contribution in [0.15, 0.2) is 12.3 Å². The number of hydrogen-bond donors (Lipinski definition) is 2. The van der Waals surface area contributed by atoms with Crippen molar-refractivity contribution in [3.8, 4) is 0 Å². The van der Waals surface area contributed by atoms with Gasteiger partial charge in [-0.25, -0.2) is 4.98 Å². The van der Waals surface area contributed by atoms with E-state index in [0.29, 0.717) is 0 Å². The maximum Gasteiger partial charge on any atom is 0.250 e. The molecule has 6 heteroatoms. The van der Waals surface area contributed by atoms with E-state index in [4.69, 9.17) is 17.3 Å². The van der Waals surface area contributed by atoms with Crippen LogP contribution in [0, 0.1) is 0 Å². The maximum atomic E-state index is 10.9. The van der Waals surface area contributed by atoms with E-state index in [9.17, 15) is 9.59 Å². The smallest absolute Gasteiger partial charge is 0.250 e. The normalized spacial score (nSPS) is 9.57. The van der Waals surface area contributed by atoms with E-state index in [0.717, 1.165) is 0 Å². The Morgan fingerprint density at radius 3 is 2.71 bits per heavy atom. The van der Waals surface area contributed by atoms with E-state index in [1.807, 2.05) is 0 Å². The number of rotatable bonds is 2. The molecule has 0 atom stereocenters. The van der Waals surface area contributed by atoms with Gasteiger partial charge in [0.15, 0.2) is 0 Å². The molecule has 0 spiro atoms. The first kappa shape index (κ1) is 10.5. The third-order valence-corrected chi connectivity index (χ3v) is 1.65. The van der Waals surface area contributed by atoms with Gasteiger partial charge in [0.2, 0.25) is 5.91 Å². The fraction of sp³-hybridized carbons (Fsp3) is 0.125. The summed E-state index contributed by atoms with van der Waals surface area (Å²) in [5, 5.41) is 2.57. The third-order valence-electron chi connectivity index (χ3n) is 1.45. The molecule has 0 saturated heterocycles. The molecule has 0 radical (unpaired) electrons. The number of carbonyl (C=O) groups excluding carboxylic acids is 2. The molecule has 14 heavy (non-hydrogen) atoms. The predicted octanol–water partition coefficient (Wildman–Crippen LogP) is 0.792. The number of nitrogens with one attached hydrogen (secondary N) is 1. The predicted molar refractivity (Wildman–Crippen MR) is 52.1 cm³/mol. The van der Waals surface area contributed by atoms with Gasteiger partial charge in [0.25, 0.3) is 5.91 Å². The number of hydrogen-bond acceptors (Lipinski definition) is 3. The summed E-state index contributed by atoms with van der Waals surface area (Å²) in [4.78, 5) is 25.4. The second kappa shape index (κ2) is 4.06. The summed E-state index contributed by atoms with van der Waals surface area (Å²) in [7, 11) is 0. The van der Waals surface area contributed by atoms with Crippen molar-refractivity contribution in [1.29, 1.82) is 0 Å². The minimum atomic E-state index is -0.668. The van der Waals surface area contributed by atoms with Crippen LogP contribution in [0.25, 0.3) is 0 Å². The lowest BCUT2D eigenvalue weighted by Crippen LogP contribution is -2.16. The van der Waals surface area contributed by atoms with Crippen LogP contribution in [-0.4, -0.2) is 16.8 Å². The molecule has 1 rings (SSSR count). The van der Waals surface area contributed by atoms with Gasteiger partial charge >= 0.3 is 0 Å². The second-order valence-electron chi connectivity index (χ2n) is 2.60. The van der Waals surface area contributed by atoms with Gasteiger partial charge in [-0.2, -0.15) is 0 Å². The Balaban J connectivity index is 3.14. The number of halogens is 1. The van der Waals surface area contributed by atoms with Crippen molar-refractivity contribution in [3.63, 3.8) is 0 Å². The molecule has 0 fully saturated rings. The summed E-state index contributed by atoms with van der Waals surface area (Å²) < 4.78 is 0. The van der Waals surface area contributed by atoms with Gasteiger partial charge in [-0.15, -0.1) is 0 Å². The lowest BCUT2D eigenvalue weighted by molar-refractivity contribution is -0.114. The third kappa shape index (κ3) is 2.43. The van der Waals surface area contributed by atoms with Crippen LogP contribution in [0.1, 0.15) is 17.3 Å². The van der Waals surface area contributed by atoms with Crippen LogP contribution in [0.5, 0.6) is 0 Å². The quantitative estimate of drug-likeness (QED) is 0.713. The highest BCUT2D eigenvalue weighted by molar-refractivity contribution is 6.30. The van der Waals surface area contributed by atoms with Crippen molar-refractivity contribution in [3.05, 3.63) is 23.0 Å². The van der Waals surface area contributed by atoms with Crippen molar-refractivity contribution in [2.24, 2.45) is 5.73 Å². The highest BCUT2D eigenvalue weighted by Gasteiger charge is 2.10. The molecule has 0 unspecified atom stereocenters. The Morgan fingerprint density at radius 2 is 2.21 bits per heavy atom. The molecule has 1 aromatic rings. The lowest BCUT2D eigenvalue weighted by Gasteiger charge is -2.06. The van der Waals surface area contributed by atoms with E-state index in [1.165, 1.54) is 19.2 Å². The summed E-state index contributed by atoms with van der Waals surface area (Å²) >= 11 is 5.57. The molecule has 1 heterocycles. The molecule has 2 amide bonds. The standard InChI is InChI=1S/C8H8ClN3O2/c1-4(13)12-6-3-11-7(9)2-5(6)8(10)14/h2-3H,1H3,(H2,10,14)(H,12,13). The van der Waals surface area contributed by atoms with Gasteiger partial charge in [-0.1, -0.05) is 11.6 Å². The van der Waals surface area contributed by atoms with Gasteiger partial charge < -0.3 is 11.1 Å². The number of nitrogens with zero attached hydrogens (tertiary/aromatic N) is 1. The van der Waals surface area contributed by atoms with Crippen molar-refractivity contribution in [1.82, 2.24) is 4.98 Å². The van der Waals surface area contributed by atoms with Crippen molar-refractivity contribution >= 4 is 29.1 Å². The number of pyridine rings is 1. The van der Waals surface area contributed by atoms with E-state index in [2.05, 4.69) is 10.3 Å². The highest BCUT2D eigenvalue weighted by atomic mass is 35.5. The van der Waals surface area contributed by atoms with Gasteiger partial charge in [0, 0.05) is 6.92 Å². The first-order valence-corrected chi connectivity index (χ1v) is 4.11. The zero-order valence-electron chi connectivity index (χ0n) is 7.37. The topological polar surface area (TPSA) is 85.1 Å². The van der Waals surface area contributed by atoms with Crippen LogP contribution in [0.3, 0.4) is 0 Å². The zero-order chi connectivity index (χ0) is 10.7. The first-order chi connectivity index (χ1) is 6.50. The molecular formula is C8H8ClN3O2. The summed E-state index contributed by atoms with van der Waals surface area (Å²) in [6.45, 7) is 1.32. The number of primary amides is 1. The van der Waals surface area contributed by atoms with E-state index >= 15 is 0 Å². The van der Waals surface area contributed by atoms with E-state index in [-0.39, 0.29) is 22.3 Å². The molecule has 0 bridgehead atoms. The van der Waals surface area contributed by atoms with Crippen LogP contribution < -0.4 is 11.1 Å². The number of amides is 2. The molecule has 0 aliphatic carbocycles. The molecule has 0 saturated carbocycles. The summed E-state index contributed by atoms with van der Waals surface area (Å²) in [6.07, 6.45) is 1.28. The fourth-order valence-electron chi connectivity index (χ4n) is 0.923. The molecular weight excluding hydrogens is 206 g/mol. The highest BCUT2D eigenvalue weighted by Crippen LogP contribution is 2.17. The average molecular weight is 214 g/mol. The monoisotopic (exact) mass is 213 g/mol. The largest absolute Gasteiger partial charge is 0.366 e. The summed E-state index contributed by atoms with van der Waals surface area (Å²) in [5.74, 6) is -0.977. The zero-order valence-corrected chi connectivity index (χ0v) is 8.13. The van der Waals surface area contributed by atoms with Crippen LogP contribution in [0.4, 0.5) is 5.69 Å². The number of nitrogens with two attached hydrogens (primary N) is 1. The maximum absolute atomic E-state index is 10.9. The number of aromatic nitrogens is 1. The Kier molecular flexibility index (Phi) is 3.03. The molecule has 0 aromatic carbocycles. The van der Waals surface area contributed by atoms with Gasteiger partial charge in [0.05, 0.1) is 17.4 Å². The Morgan fingerprint density at radius 1 is 1.57 bits per heavy atom. The average Bonchev–Trinajstić information content (AvgIpc) is 2.07. The van der Waals surface area contributed by atoms with Crippen LogP contribution >= 0.6 is 11.6 Å². The Bertz CT molecular complexity index is 392. The molecule has 3 N–H and O–H groups in total. The minimum absolute atomic E-state index is 0.139.